The molecular formula is C51H95N2O6P. The van der Waals surface area contributed by atoms with Gasteiger partial charge in [-0.1, -0.05) is 222 Å². The van der Waals surface area contributed by atoms with Crippen molar-refractivity contribution in [2.75, 3.05) is 19.8 Å². The summed E-state index contributed by atoms with van der Waals surface area (Å²) in [4.78, 5) is 22.8. The van der Waals surface area contributed by atoms with Crippen LogP contribution in [0.3, 0.4) is 0 Å². The van der Waals surface area contributed by atoms with Crippen LogP contribution in [0.5, 0.6) is 0 Å². The lowest BCUT2D eigenvalue weighted by Crippen LogP contribution is -2.46. The summed E-state index contributed by atoms with van der Waals surface area (Å²) in [6.07, 6.45) is 59.5. The van der Waals surface area contributed by atoms with Gasteiger partial charge in [-0.2, -0.15) is 0 Å². The molecule has 0 aliphatic carbocycles. The van der Waals surface area contributed by atoms with Gasteiger partial charge in [0, 0.05) is 13.0 Å². The molecule has 0 radical (unpaired) electrons. The molecule has 3 unspecified atom stereocenters. The van der Waals surface area contributed by atoms with Crippen LogP contribution in [0, 0.1) is 0 Å². The predicted octanol–water partition coefficient (Wildman–Crippen LogP) is 14.6. The summed E-state index contributed by atoms with van der Waals surface area (Å²) in [7, 11) is -4.33. The number of carbonyl (C=O) groups is 1. The lowest BCUT2D eigenvalue weighted by atomic mass is 10.0. The van der Waals surface area contributed by atoms with Crippen molar-refractivity contribution in [1.29, 1.82) is 0 Å². The Hall–Kier alpha value is -1.80. The second-order valence-corrected chi connectivity index (χ2v) is 18.1. The highest BCUT2D eigenvalue weighted by atomic mass is 31.2. The van der Waals surface area contributed by atoms with Crippen LogP contribution in [0.25, 0.3) is 0 Å². The molecule has 8 nitrogen and oxygen atoms in total. The zero-order chi connectivity index (χ0) is 43.9. The number of unbranched alkanes of at least 4 members (excludes halogenated alkanes) is 24. The monoisotopic (exact) mass is 863 g/mol. The summed E-state index contributed by atoms with van der Waals surface area (Å²) in [5, 5.41) is 13.9. The third kappa shape index (κ3) is 44.3. The van der Waals surface area contributed by atoms with Gasteiger partial charge in [-0.3, -0.25) is 13.8 Å². The first-order valence-electron chi connectivity index (χ1n) is 24.9. The Morgan fingerprint density at radius 3 is 1.42 bits per heavy atom. The van der Waals surface area contributed by atoms with Gasteiger partial charge >= 0.3 is 7.82 Å². The van der Waals surface area contributed by atoms with Gasteiger partial charge in [0.15, 0.2) is 0 Å². The van der Waals surface area contributed by atoms with Crippen LogP contribution in [0.1, 0.15) is 226 Å². The Balaban J connectivity index is 4.11. The number of aliphatic hydroxyl groups excluding tert-OH is 1. The number of aliphatic hydroxyl groups is 1. The molecule has 0 aromatic rings. The van der Waals surface area contributed by atoms with E-state index in [4.69, 9.17) is 14.8 Å². The van der Waals surface area contributed by atoms with Gasteiger partial charge in [-0.15, -0.1) is 0 Å². The smallest absolute Gasteiger partial charge is 0.391 e. The fraction of sp³-hybridized carbons (Fsp3) is 0.784. The maximum Gasteiger partial charge on any atom is 0.472 e. The number of carbonyl (C=O) groups excluding carboxylic acids is 1. The largest absolute Gasteiger partial charge is 0.472 e. The van der Waals surface area contributed by atoms with Gasteiger partial charge in [-0.05, 0) is 57.8 Å². The molecule has 0 spiro atoms. The van der Waals surface area contributed by atoms with E-state index in [1.54, 1.807) is 0 Å². The van der Waals surface area contributed by atoms with E-state index in [0.29, 0.717) is 12.8 Å². The Bertz CT molecular complexity index is 1120. The van der Waals surface area contributed by atoms with E-state index in [1.165, 1.54) is 116 Å². The third-order valence-corrected chi connectivity index (χ3v) is 11.9. The second kappa shape index (κ2) is 46.7. The fourth-order valence-electron chi connectivity index (χ4n) is 7.16. The van der Waals surface area contributed by atoms with E-state index in [-0.39, 0.29) is 25.7 Å². The first-order chi connectivity index (χ1) is 29.4. The first-order valence-corrected chi connectivity index (χ1v) is 26.4. The lowest BCUT2D eigenvalue weighted by Gasteiger charge is -2.25. The molecule has 0 saturated heterocycles. The number of hydrogen-bond acceptors (Lipinski definition) is 6. The van der Waals surface area contributed by atoms with Crippen molar-refractivity contribution >= 4 is 13.7 Å². The van der Waals surface area contributed by atoms with Crippen molar-refractivity contribution in [3.63, 3.8) is 0 Å². The highest BCUT2D eigenvalue weighted by molar-refractivity contribution is 7.47. The second-order valence-electron chi connectivity index (χ2n) is 16.6. The molecule has 0 aromatic carbocycles. The van der Waals surface area contributed by atoms with Crippen LogP contribution < -0.4 is 11.1 Å². The highest BCUT2D eigenvalue weighted by Gasteiger charge is 2.27. The zero-order valence-electron chi connectivity index (χ0n) is 38.9. The van der Waals surface area contributed by atoms with Crippen LogP contribution in [0.4, 0.5) is 0 Å². The molecule has 0 heterocycles. The minimum absolute atomic E-state index is 0.0845. The molecule has 5 N–H and O–H groups in total. The normalized spacial score (nSPS) is 14.4. The van der Waals surface area contributed by atoms with Crippen LogP contribution in [-0.4, -0.2) is 47.8 Å². The van der Waals surface area contributed by atoms with Gasteiger partial charge in [0.05, 0.1) is 25.4 Å². The van der Waals surface area contributed by atoms with Crippen molar-refractivity contribution < 1.29 is 28.4 Å². The average molecular weight is 863 g/mol. The molecule has 1 amide bonds. The van der Waals surface area contributed by atoms with E-state index >= 15 is 0 Å². The maximum atomic E-state index is 12.8. The SMILES string of the molecule is CC/C=C\C/C=C\C/C=C\C/C=C\C/C=C\CCCCCCCCCC(=O)NC(COP(=O)(O)OCCN)C(O)CCCCCCCCCCCCCCCCCCCC. The molecular weight excluding hydrogens is 768 g/mol. The minimum Gasteiger partial charge on any atom is -0.391 e. The first kappa shape index (κ1) is 58.2. The number of amides is 1. The van der Waals surface area contributed by atoms with Crippen molar-refractivity contribution in [2.45, 2.75) is 238 Å². The number of allylic oxidation sites excluding steroid dienone is 10. The summed E-state index contributed by atoms with van der Waals surface area (Å²) in [5.74, 6) is -0.173. The Kier molecular flexibility index (Phi) is 45.3. The summed E-state index contributed by atoms with van der Waals surface area (Å²) in [6, 6.07) is -0.784. The molecule has 0 rings (SSSR count). The Morgan fingerprint density at radius 1 is 0.567 bits per heavy atom. The molecule has 0 aromatic heterocycles. The predicted molar refractivity (Wildman–Crippen MR) is 258 cm³/mol. The number of phosphoric ester groups is 1. The summed E-state index contributed by atoms with van der Waals surface area (Å²) in [5.41, 5.74) is 5.40. The van der Waals surface area contributed by atoms with E-state index in [0.717, 1.165) is 83.5 Å². The molecule has 60 heavy (non-hydrogen) atoms. The molecule has 9 heteroatoms. The van der Waals surface area contributed by atoms with Crippen molar-refractivity contribution in [3.05, 3.63) is 60.8 Å². The topological polar surface area (TPSA) is 131 Å². The van der Waals surface area contributed by atoms with Crippen LogP contribution >= 0.6 is 7.82 Å². The van der Waals surface area contributed by atoms with Crippen LogP contribution in [0.15, 0.2) is 60.8 Å². The fourth-order valence-corrected chi connectivity index (χ4v) is 7.92. The third-order valence-electron chi connectivity index (χ3n) is 10.9. The van der Waals surface area contributed by atoms with Crippen molar-refractivity contribution in [1.82, 2.24) is 5.32 Å². The molecule has 0 aliphatic heterocycles. The van der Waals surface area contributed by atoms with Crippen LogP contribution in [-0.2, 0) is 18.4 Å². The lowest BCUT2D eigenvalue weighted by molar-refractivity contribution is -0.123. The standard InChI is InChI=1S/C51H95N2O6P/c1-3-5-7-9-11-13-15-17-19-21-23-24-25-26-27-29-31-33-35-37-39-41-43-45-51(55)53-49(48-59-60(56,57)58-47-46-52)50(54)44-42-40-38-36-34-32-30-28-22-20-18-16-14-12-10-8-6-4-2/h5,7,11,13,17,19,23-24,26-27,49-50,54H,3-4,6,8-10,12,14-16,18,20-22,25,28-48,52H2,1-2H3,(H,53,55)(H,56,57)/b7-5-,13-11-,19-17-,24-23-,27-26-. The number of rotatable bonds is 46. The Morgan fingerprint density at radius 2 is 0.967 bits per heavy atom. The van der Waals surface area contributed by atoms with E-state index in [1.807, 2.05) is 0 Å². The van der Waals surface area contributed by atoms with E-state index in [2.05, 4.69) is 79.9 Å². The molecule has 0 saturated carbocycles. The Labute approximate surface area is 370 Å². The highest BCUT2D eigenvalue weighted by Crippen LogP contribution is 2.43. The van der Waals surface area contributed by atoms with Crippen molar-refractivity contribution in [3.8, 4) is 0 Å². The average Bonchev–Trinajstić information content (AvgIpc) is 3.24. The molecule has 0 fully saturated rings. The van der Waals surface area contributed by atoms with Crippen molar-refractivity contribution in [2.24, 2.45) is 5.73 Å². The number of phosphoric acid groups is 1. The number of nitrogens with two attached hydrogens (primary N) is 1. The van der Waals surface area contributed by atoms with E-state index < -0.39 is 20.0 Å². The number of hydrogen-bond donors (Lipinski definition) is 4. The quantitative estimate of drug-likeness (QED) is 0.0272. The summed E-state index contributed by atoms with van der Waals surface area (Å²) >= 11 is 0. The molecule has 350 valence electrons. The molecule has 3 atom stereocenters. The van der Waals surface area contributed by atoms with Gasteiger partial charge in [0.1, 0.15) is 0 Å². The van der Waals surface area contributed by atoms with Crippen LogP contribution in [0.2, 0.25) is 0 Å². The van der Waals surface area contributed by atoms with E-state index in [9.17, 15) is 19.4 Å². The van der Waals surface area contributed by atoms with Gasteiger partial charge in [0.2, 0.25) is 5.91 Å². The minimum atomic E-state index is -4.33. The van der Waals surface area contributed by atoms with Gasteiger partial charge in [0.25, 0.3) is 0 Å². The number of nitrogens with one attached hydrogen (secondary N) is 1. The maximum absolute atomic E-state index is 12.8. The summed E-state index contributed by atoms with van der Waals surface area (Å²) < 4.78 is 22.3. The summed E-state index contributed by atoms with van der Waals surface area (Å²) in [6.45, 7) is 4.10. The van der Waals surface area contributed by atoms with Gasteiger partial charge < -0.3 is 21.1 Å². The van der Waals surface area contributed by atoms with Gasteiger partial charge in [-0.25, -0.2) is 4.57 Å². The molecule has 0 bridgehead atoms. The zero-order valence-corrected chi connectivity index (χ0v) is 39.8. The molecule has 0 aliphatic rings.